The van der Waals surface area contributed by atoms with Gasteiger partial charge in [0.1, 0.15) is 42.7 Å². The molecule has 8 N–H and O–H groups in total. The average Bonchev–Trinajstić information content (AvgIpc) is 2.92. The Kier molecular flexibility index (Phi) is 14.5. The highest BCUT2D eigenvalue weighted by Gasteiger charge is 2.50. The number of ether oxygens (including phenoxy) is 6. The van der Waals surface area contributed by atoms with E-state index in [1.165, 1.54) is 0 Å². The first kappa shape index (κ1) is 37.5. The van der Waals surface area contributed by atoms with E-state index in [0.717, 1.165) is 0 Å². The fourth-order valence-corrected chi connectivity index (χ4v) is 4.37. The Bertz CT molecular complexity index is 870. The van der Waals surface area contributed by atoms with E-state index in [4.69, 9.17) is 38.9 Å². The van der Waals surface area contributed by atoms with E-state index in [1.54, 1.807) is 20.8 Å². The van der Waals surface area contributed by atoms with Crippen molar-refractivity contribution in [1.82, 2.24) is 5.32 Å². The molecule has 0 amide bonds. The molecule has 2 fully saturated rings. The maximum atomic E-state index is 11.1. The zero-order chi connectivity index (χ0) is 32.5. The van der Waals surface area contributed by atoms with E-state index < -0.39 is 91.2 Å². The lowest BCUT2D eigenvalue weighted by Crippen LogP contribution is -2.63. The third kappa shape index (κ3) is 12.0. The summed E-state index contributed by atoms with van der Waals surface area (Å²) in [5, 5.41) is 72.9. The van der Waals surface area contributed by atoms with E-state index >= 15 is 0 Å². The van der Waals surface area contributed by atoms with Crippen molar-refractivity contribution in [3.8, 4) is 0 Å². The third-order valence-corrected chi connectivity index (χ3v) is 7.30. The highest BCUT2D eigenvalue weighted by Crippen LogP contribution is 2.29. The van der Waals surface area contributed by atoms with Gasteiger partial charge in [-0.1, -0.05) is 13.3 Å². The molecule has 0 bridgehead atoms. The Balaban J connectivity index is 2.09. The quantitative estimate of drug-likeness (QED) is 0.0672. The van der Waals surface area contributed by atoms with Crippen LogP contribution in [0.25, 0.3) is 0 Å². The summed E-state index contributed by atoms with van der Waals surface area (Å²) in [5.74, 6) is -0.874. The summed E-state index contributed by atoms with van der Waals surface area (Å²) in [6.45, 7) is 10.7. The lowest BCUT2D eigenvalue weighted by atomic mass is 9.97. The molecule has 252 valence electrons. The summed E-state index contributed by atoms with van der Waals surface area (Å²) >= 11 is 0. The Hall–Kier alpha value is -1.66. The summed E-state index contributed by atoms with van der Waals surface area (Å²) in [4.78, 5) is 10.6. The topological polar surface area (TPSA) is 230 Å². The van der Waals surface area contributed by atoms with Crippen LogP contribution in [-0.4, -0.2) is 135 Å². The molecule has 2 rings (SSSR count). The van der Waals surface area contributed by atoms with Gasteiger partial charge in [-0.05, 0) is 53.9 Å². The van der Waals surface area contributed by atoms with Crippen LogP contribution in [0.4, 0.5) is 0 Å². The van der Waals surface area contributed by atoms with Crippen molar-refractivity contribution in [3.63, 3.8) is 0 Å². The molecule has 2 saturated heterocycles. The number of carbonyl (C=O) groups is 1. The fourth-order valence-electron chi connectivity index (χ4n) is 4.37. The van der Waals surface area contributed by atoms with Gasteiger partial charge >= 0.3 is 5.97 Å². The number of hydrogen-bond donors (Lipinski definition) is 8. The predicted molar refractivity (Wildman–Crippen MR) is 151 cm³/mol. The molecule has 0 aliphatic carbocycles. The normalized spacial score (nSPS) is 33.7. The first-order valence-corrected chi connectivity index (χ1v) is 14.8. The number of carboxylic acid groups (broad SMARTS) is 1. The van der Waals surface area contributed by atoms with Gasteiger partial charge in [0.15, 0.2) is 18.7 Å². The van der Waals surface area contributed by atoms with Crippen molar-refractivity contribution in [1.29, 1.82) is 5.41 Å². The van der Waals surface area contributed by atoms with Crippen LogP contribution in [0.15, 0.2) is 0 Å². The molecule has 0 aromatic carbocycles. The van der Waals surface area contributed by atoms with Gasteiger partial charge in [0, 0.05) is 13.0 Å². The Morgan fingerprint density at radius 1 is 0.837 bits per heavy atom. The van der Waals surface area contributed by atoms with Gasteiger partial charge in [0.2, 0.25) is 0 Å². The number of nitrogens with one attached hydrogen (secondary N) is 2. The highest BCUT2D eigenvalue weighted by atomic mass is 16.7. The van der Waals surface area contributed by atoms with E-state index in [-0.39, 0.29) is 13.0 Å². The average molecular weight is 625 g/mol. The van der Waals surface area contributed by atoms with Crippen LogP contribution in [0.5, 0.6) is 0 Å². The van der Waals surface area contributed by atoms with Gasteiger partial charge in [0.25, 0.3) is 6.02 Å². The molecule has 43 heavy (non-hydrogen) atoms. The van der Waals surface area contributed by atoms with Crippen LogP contribution in [0.2, 0.25) is 0 Å². The monoisotopic (exact) mass is 624 g/mol. The largest absolute Gasteiger partial charge is 0.481 e. The first-order chi connectivity index (χ1) is 20.0. The van der Waals surface area contributed by atoms with Crippen molar-refractivity contribution >= 4 is 12.0 Å². The van der Waals surface area contributed by atoms with Crippen molar-refractivity contribution in [2.45, 2.75) is 146 Å². The summed E-state index contributed by atoms with van der Waals surface area (Å²) in [6.07, 6.45) is -11.5. The molecule has 0 aromatic rings. The molecule has 10 atom stereocenters. The van der Waals surface area contributed by atoms with Gasteiger partial charge < -0.3 is 64.4 Å². The smallest absolute Gasteiger partial charge is 0.303 e. The van der Waals surface area contributed by atoms with E-state index in [1.807, 2.05) is 20.8 Å². The number of unbranched alkanes of at least 4 members (excludes halogenated alkanes) is 2. The maximum absolute atomic E-state index is 11.1. The lowest BCUT2D eigenvalue weighted by Gasteiger charge is -2.44. The molecule has 0 aromatic heterocycles. The molecule has 6 unspecified atom stereocenters. The van der Waals surface area contributed by atoms with Crippen LogP contribution < -0.4 is 5.32 Å². The Labute approximate surface area is 252 Å². The molecule has 2 aliphatic heterocycles. The maximum Gasteiger partial charge on any atom is 0.303 e. The Morgan fingerprint density at radius 2 is 1.47 bits per heavy atom. The summed E-state index contributed by atoms with van der Waals surface area (Å²) in [6, 6.07) is -0.416. The molecular weight excluding hydrogens is 572 g/mol. The zero-order valence-electron chi connectivity index (χ0n) is 26.0. The summed E-state index contributed by atoms with van der Waals surface area (Å²) in [7, 11) is 0. The molecular formula is C28H52N2O13. The van der Waals surface area contributed by atoms with Gasteiger partial charge in [-0.2, -0.15) is 0 Å². The number of carboxylic acids is 1. The number of hydrogen-bond acceptors (Lipinski definition) is 13. The number of aliphatic hydroxyl groups excluding tert-OH is 5. The molecule has 15 nitrogen and oxygen atoms in total. The number of amidine groups is 1. The van der Waals surface area contributed by atoms with Gasteiger partial charge in [0.05, 0.1) is 24.4 Å². The number of aliphatic carboxylic acids is 1. The van der Waals surface area contributed by atoms with Crippen molar-refractivity contribution in [3.05, 3.63) is 0 Å². The highest BCUT2D eigenvalue weighted by molar-refractivity contribution is 5.70. The van der Waals surface area contributed by atoms with Crippen molar-refractivity contribution in [2.75, 3.05) is 19.8 Å². The molecule has 2 heterocycles. The van der Waals surface area contributed by atoms with Gasteiger partial charge in [-0.25, -0.2) is 0 Å². The zero-order valence-corrected chi connectivity index (χ0v) is 26.0. The minimum absolute atomic E-state index is 0.0564. The predicted octanol–water partition coefficient (Wildman–Crippen LogP) is -0.168. The summed E-state index contributed by atoms with van der Waals surface area (Å²) in [5.41, 5.74) is -1.28. The van der Waals surface area contributed by atoms with Crippen LogP contribution in [0, 0.1) is 5.41 Å². The number of aliphatic hydroxyl groups is 5. The minimum atomic E-state index is -1.60. The molecule has 0 saturated carbocycles. The minimum Gasteiger partial charge on any atom is -0.481 e. The standard InChI is InChI=1S/C28H52N2O13/c1-7-28(5,6)39-14-16-19(34)23(42-26(29)30-12-10-8-9-11-17(31)32)22(37)24(40-16)38-13-15-18(33)20(35)21(36)25(41-15)43-27(2,3)4/h15-16,18-25,33-37H,7-14H2,1-6H3,(H2,29,30)(H,31,32)/t15?,16?,18-,19-,20?,21?,22?,23?,24-,25-/m1/s1. The first-order valence-electron chi connectivity index (χ1n) is 14.8. The van der Waals surface area contributed by atoms with Crippen LogP contribution in [-0.2, 0) is 33.2 Å². The second-order valence-electron chi connectivity index (χ2n) is 12.6. The van der Waals surface area contributed by atoms with Gasteiger partial charge in [-0.15, -0.1) is 0 Å². The van der Waals surface area contributed by atoms with E-state index in [0.29, 0.717) is 32.2 Å². The van der Waals surface area contributed by atoms with Crippen molar-refractivity contribution < 1.29 is 63.9 Å². The second kappa shape index (κ2) is 16.6. The molecule has 0 radical (unpaired) electrons. The van der Waals surface area contributed by atoms with Crippen molar-refractivity contribution in [2.24, 2.45) is 0 Å². The lowest BCUT2D eigenvalue weighted by molar-refractivity contribution is -0.341. The molecule has 15 heteroatoms. The van der Waals surface area contributed by atoms with Crippen LogP contribution in [0.3, 0.4) is 0 Å². The van der Waals surface area contributed by atoms with Crippen LogP contribution >= 0.6 is 0 Å². The van der Waals surface area contributed by atoms with E-state index in [2.05, 4.69) is 5.32 Å². The number of rotatable bonds is 15. The van der Waals surface area contributed by atoms with Gasteiger partial charge in [-0.3, -0.25) is 10.2 Å². The summed E-state index contributed by atoms with van der Waals surface area (Å²) < 4.78 is 34.5. The molecule has 0 spiro atoms. The fraction of sp³-hybridized carbons (Fsp3) is 0.929. The van der Waals surface area contributed by atoms with Crippen LogP contribution in [0.1, 0.15) is 73.6 Å². The third-order valence-electron chi connectivity index (χ3n) is 7.30. The molecule has 2 aliphatic rings. The second-order valence-corrected chi connectivity index (χ2v) is 12.6. The SMILES string of the molecule is CCC(C)(C)OCC1O[C@@H](OCC2O[C@H](OC(C)(C)C)C(O)C(O)[C@@H]2O)C(O)C(OC(=N)NCCCCCC(=O)O)[C@@H]1O. The van der Waals surface area contributed by atoms with E-state index in [9.17, 15) is 30.3 Å². The Morgan fingerprint density at radius 3 is 2.07 bits per heavy atom.